The number of hydrogen-bond donors (Lipinski definition) is 1. The zero-order valence-electron chi connectivity index (χ0n) is 8.69. The molecule has 84 valence electrons. The van der Waals surface area contributed by atoms with E-state index in [1.165, 1.54) is 19.3 Å². The summed E-state index contributed by atoms with van der Waals surface area (Å²) in [6.45, 7) is 6.95. The Morgan fingerprint density at radius 2 is 2.07 bits per heavy atom. The fourth-order valence-corrected chi connectivity index (χ4v) is 0.842. The van der Waals surface area contributed by atoms with E-state index in [0.29, 0.717) is 0 Å². The van der Waals surface area contributed by atoms with E-state index in [0.717, 1.165) is 0 Å². The first-order valence-corrected chi connectivity index (χ1v) is 4.38. The molecule has 0 rings (SSSR count). The summed E-state index contributed by atoms with van der Waals surface area (Å²) in [4.78, 5) is 22.2. The third kappa shape index (κ3) is 5.51. The number of methoxy groups -OCH3 is 1. The zero-order chi connectivity index (χ0) is 11.7. The standard InChI is InChI=1S/C10H15NO4/c1-4-6-8(9(12)14-3)11-10(13)15-7-5-2/h4-5,8H,1-2,6-7H2,3H3,(H,11,13)/t8-/m0/s1. The van der Waals surface area contributed by atoms with Gasteiger partial charge in [-0.2, -0.15) is 0 Å². The van der Waals surface area contributed by atoms with Crippen molar-refractivity contribution < 1.29 is 19.1 Å². The fourth-order valence-electron chi connectivity index (χ4n) is 0.842. The van der Waals surface area contributed by atoms with E-state index in [1.54, 1.807) is 0 Å². The Bertz CT molecular complexity index is 250. The number of ether oxygens (including phenoxy) is 2. The summed E-state index contributed by atoms with van der Waals surface area (Å²) in [5.41, 5.74) is 0. The maximum absolute atomic E-state index is 11.2. The summed E-state index contributed by atoms with van der Waals surface area (Å²) in [7, 11) is 1.25. The average molecular weight is 213 g/mol. The van der Waals surface area contributed by atoms with Crippen molar-refractivity contribution in [3.63, 3.8) is 0 Å². The van der Waals surface area contributed by atoms with Crippen LogP contribution in [0.4, 0.5) is 4.79 Å². The van der Waals surface area contributed by atoms with Gasteiger partial charge >= 0.3 is 12.1 Å². The largest absolute Gasteiger partial charge is 0.467 e. The Balaban J connectivity index is 4.14. The van der Waals surface area contributed by atoms with E-state index < -0.39 is 18.1 Å². The normalized spacial score (nSPS) is 11.0. The molecule has 15 heavy (non-hydrogen) atoms. The minimum absolute atomic E-state index is 0.0911. The van der Waals surface area contributed by atoms with Gasteiger partial charge < -0.3 is 14.8 Å². The van der Waals surface area contributed by atoms with Crippen LogP contribution in [-0.2, 0) is 14.3 Å². The summed E-state index contributed by atoms with van der Waals surface area (Å²) in [6, 6.07) is -0.759. The molecule has 0 aromatic rings. The molecule has 0 heterocycles. The van der Waals surface area contributed by atoms with Crippen LogP contribution in [0.5, 0.6) is 0 Å². The Hall–Kier alpha value is -1.78. The molecule has 0 unspecified atom stereocenters. The Morgan fingerprint density at radius 3 is 2.53 bits per heavy atom. The molecule has 0 aromatic heterocycles. The summed E-state index contributed by atoms with van der Waals surface area (Å²) >= 11 is 0. The average Bonchev–Trinajstić information content (AvgIpc) is 2.24. The Labute approximate surface area is 88.7 Å². The van der Waals surface area contributed by atoms with E-state index >= 15 is 0 Å². The van der Waals surface area contributed by atoms with Crippen LogP contribution in [-0.4, -0.2) is 31.8 Å². The van der Waals surface area contributed by atoms with Crippen LogP contribution >= 0.6 is 0 Å². The molecule has 1 N–H and O–H groups in total. The number of amides is 1. The van der Waals surface area contributed by atoms with Crippen molar-refractivity contribution in [3.05, 3.63) is 25.3 Å². The van der Waals surface area contributed by atoms with Gasteiger partial charge in [-0.05, 0) is 6.42 Å². The molecule has 0 saturated carbocycles. The van der Waals surface area contributed by atoms with Gasteiger partial charge in [-0.1, -0.05) is 18.7 Å². The van der Waals surface area contributed by atoms with Crippen molar-refractivity contribution in [2.75, 3.05) is 13.7 Å². The molecule has 0 saturated heterocycles. The van der Waals surface area contributed by atoms with Gasteiger partial charge in [0, 0.05) is 0 Å². The van der Waals surface area contributed by atoms with Crippen LogP contribution in [0.2, 0.25) is 0 Å². The predicted octanol–water partition coefficient (Wildman–Crippen LogP) is 1.02. The zero-order valence-corrected chi connectivity index (χ0v) is 8.69. The van der Waals surface area contributed by atoms with E-state index in [-0.39, 0.29) is 13.0 Å². The minimum atomic E-state index is -0.759. The highest BCUT2D eigenvalue weighted by atomic mass is 16.6. The van der Waals surface area contributed by atoms with Gasteiger partial charge in [-0.25, -0.2) is 9.59 Å². The first-order valence-electron chi connectivity index (χ1n) is 4.38. The molecule has 5 heteroatoms. The van der Waals surface area contributed by atoms with E-state index in [2.05, 4.69) is 27.9 Å². The third-order valence-corrected chi connectivity index (χ3v) is 1.51. The van der Waals surface area contributed by atoms with E-state index in [4.69, 9.17) is 0 Å². The second-order valence-electron chi connectivity index (χ2n) is 2.63. The number of rotatable bonds is 6. The molecule has 0 spiro atoms. The monoisotopic (exact) mass is 213 g/mol. The number of hydrogen-bond acceptors (Lipinski definition) is 4. The van der Waals surface area contributed by atoms with Crippen LogP contribution in [0.15, 0.2) is 25.3 Å². The molecule has 0 bridgehead atoms. The number of carbonyl (C=O) groups is 2. The summed E-state index contributed by atoms with van der Waals surface area (Å²) < 4.78 is 9.15. The lowest BCUT2D eigenvalue weighted by Gasteiger charge is -2.13. The highest BCUT2D eigenvalue weighted by Crippen LogP contribution is 1.96. The smallest absolute Gasteiger partial charge is 0.408 e. The summed E-state index contributed by atoms with van der Waals surface area (Å²) in [5.74, 6) is -0.537. The van der Waals surface area contributed by atoms with Crippen molar-refractivity contribution in [3.8, 4) is 0 Å². The Kier molecular flexibility index (Phi) is 6.70. The highest BCUT2D eigenvalue weighted by Gasteiger charge is 2.20. The van der Waals surface area contributed by atoms with Gasteiger partial charge in [0.05, 0.1) is 7.11 Å². The van der Waals surface area contributed by atoms with Crippen molar-refractivity contribution >= 4 is 12.1 Å². The predicted molar refractivity (Wildman–Crippen MR) is 55.3 cm³/mol. The van der Waals surface area contributed by atoms with E-state index in [1.807, 2.05) is 0 Å². The molecule has 1 amide bonds. The lowest BCUT2D eigenvalue weighted by molar-refractivity contribution is -0.142. The van der Waals surface area contributed by atoms with Crippen LogP contribution in [0.3, 0.4) is 0 Å². The maximum atomic E-state index is 11.2. The molecule has 0 radical (unpaired) electrons. The lowest BCUT2D eigenvalue weighted by atomic mass is 10.2. The molecule has 0 aliphatic heterocycles. The van der Waals surface area contributed by atoms with Crippen molar-refractivity contribution in [2.24, 2.45) is 0 Å². The number of esters is 1. The SMILES string of the molecule is C=CCOC(=O)N[C@@H](CC=C)C(=O)OC. The molecule has 0 aliphatic rings. The minimum Gasteiger partial charge on any atom is -0.467 e. The molecular weight excluding hydrogens is 198 g/mol. The molecule has 0 fully saturated rings. The first-order chi connectivity index (χ1) is 7.15. The van der Waals surface area contributed by atoms with Crippen LogP contribution in [0, 0.1) is 0 Å². The molecular formula is C10H15NO4. The van der Waals surface area contributed by atoms with E-state index in [9.17, 15) is 9.59 Å². The summed E-state index contributed by atoms with van der Waals surface area (Å²) in [5, 5.41) is 2.35. The fraction of sp³-hybridized carbons (Fsp3) is 0.400. The lowest BCUT2D eigenvalue weighted by Crippen LogP contribution is -2.41. The maximum Gasteiger partial charge on any atom is 0.408 e. The first kappa shape index (κ1) is 13.2. The van der Waals surface area contributed by atoms with Gasteiger partial charge in [0.15, 0.2) is 0 Å². The van der Waals surface area contributed by atoms with Crippen molar-refractivity contribution in [2.45, 2.75) is 12.5 Å². The Morgan fingerprint density at radius 1 is 1.40 bits per heavy atom. The van der Waals surface area contributed by atoms with Crippen molar-refractivity contribution in [1.82, 2.24) is 5.32 Å². The second kappa shape index (κ2) is 7.61. The van der Waals surface area contributed by atoms with Gasteiger partial charge in [0.2, 0.25) is 0 Å². The van der Waals surface area contributed by atoms with Gasteiger partial charge in [-0.3, -0.25) is 0 Å². The highest BCUT2D eigenvalue weighted by molar-refractivity contribution is 5.81. The molecule has 1 atom stereocenters. The van der Waals surface area contributed by atoms with Crippen molar-refractivity contribution in [1.29, 1.82) is 0 Å². The number of nitrogens with one attached hydrogen (secondary N) is 1. The quantitative estimate of drug-likeness (QED) is 0.528. The summed E-state index contributed by atoms with van der Waals surface area (Å²) in [6.07, 6.45) is 2.54. The van der Waals surface area contributed by atoms with Crippen LogP contribution in [0.1, 0.15) is 6.42 Å². The topological polar surface area (TPSA) is 64.6 Å². The van der Waals surface area contributed by atoms with Crippen LogP contribution < -0.4 is 5.32 Å². The van der Waals surface area contributed by atoms with Gasteiger partial charge in [0.25, 0.3) is 0 Å². The molecule has 5 nitrogen and oxygen atoms in total. The van der Waals surface area contributed by atoms with Gasteiger partial charge in [0.1, 0.15) is 12.6 Å². The molecule has 0 aromatic carbocycles. The van der Waals surface area contributed by atoms with Crippen LogP contribution in [0.25, 0.3) is 0 Å². The number of carbonyl (C=O) groups excluding carboxylic acids is 2. The third-order valence-electron chi connectivity index (χ3n) is 1.51. The number of alkyl carbamates (subject to hydrolysis) is 1. The van der Waals surface area contributed by atoms with Gasteiger partial charge in [-0.15, -0.1) is 6.58 Å². The molecule has 0 aliphatic carbocycles. The second-order valence-corrected chi connectivity index (χ2v) is 2.63.